The minimum Gasteiger partial charge on any atom is -0.447 e. The molecule has 10 heteroatoms. The second-order valence-electron chi connectivity index (χ2n) is 6.56. The predicted molar refractivity (Wildman–Crippen MR) is 124 cm³/mol. The van der Waals surface area contributed by atoms with Crippen molar-refractivity contribution in [2.24, 2.45) is 0 Å². The number of sulfonamides is 1. The van der Waals surface area contributed by atoms with E-state index in [1.807, 2.05) is 6.92 Å². The lowest BCUT2D eigenvalue weighted by Crippen LogP contribution is -2.43. The molecule has 0 fully saturated rings. The van der Waals surface area contributed by atoms with Crippen molar-refractivity contribution in [3.8, 4) is 0 Å². The molecule has 2 aromatic rings. The summed E-state index contributed by atoms with van der Waals surface area (Å²) in [5.41, 5.74) is 0.559. The van der Waals surface area contributed by atoms with E-state index in [4.69, 9.17) is 27.9 Å². The number of aliphatic hydroxyl groups excluding tert-OH is 1. The Hall–Kier alpha value is -2.00. The van der Waals surface area contributed by atoms with Crippen molar-refractivity contribution in [3.63, 3.8) is 0 Å². The maximum absolute atomic E-state index is 13.5. The van der Waals surface area contributed by atoms with Crippen LogP contribution in [0.15, 0.2) is 47.4 Å². The fourth-order valence-electron chi connectivity index (χ4n) is 2.74. The Morgan fingerprint density at radius 1 is 1.16 bits per heavy atom. The second-order valence-corrected chi connectivity index (χ2v) is 9.25. The Balaban J connectivity index is 0.00000480. The Morgan fingerprint density at radius 3 is 2.35 bits per heavy atom. The van der Waals surface area contributed by atoms with E-state index in [-0.39, 0.29) is 24.6 Å². The van der Waals surface area contributed by atoms with E-state index in [0.29, 0.717) is 22.2 Å². The summed E-state index contributed by atoms with van der Waals surface area (Å²) < 4.78 is 33.3. The number of benzene rings is 2. The van der Waals surface area contributed by atoms with Crippen molar-refractivity contribution in [1.82, 2.24) is 5.32 Å². The number of nitrogens with zero attached hydrogens (tertiary/aromatic N) is 1. The van der Waals surface area contributed by atoms with Crippen LogP contribution in [0.4, 0.5) is 10.5 Å². The van der Waals surface area contributed by atoms with Gasteiger partial charge in [0.1, 0.15) is 6.61 Å². The molecule has 0 aliphatic rings. The average Bonchev–Trinajstić information content (AvgIpc) is 2.71. The first kappa shape index (κ1) is 27.0. The number of anilines is 1. The standard InChI is InChI=1S/C20H24Cl2N2O5S.CH4/c1-3-10-23-20(26)29-13-14(2)24(19-11-17(22)5-4-15(19)12-25)30(27,28)18-8-6-16(21)7-9-18;/h4-9,11,14,25H,3,10,12-13H2,1-2H3,(H,23,26);1H4/t14-;/m1./s1. The van der Waals surface area contributed by atoms with Gasteiger partial charge in [0.05, 0.1) is 23.2 Å². The van der Waals surface area contributed by atoms with E-state index >= 15 is 0 Å². The molecule has 0 spiro atoms. The molecule has 0 aliphatic heterocycles. The highest BCUT2D eigenvalue weighted by atomic mass is 35.5. The highest BCUT2D eigenvalue weighted by molar-refractivity contribution is 7.92. The first-order valence-electron chi connectivity index (χ1n) is 9.30. The fourth-order valence-corrected chi connectivity index (χ4v) is 4.70. The minimum atomic E-state index is -4.09. The van der Waals surface area contributed by atoms with Crippen LogP contribution in [0.1, 0.15) is 33.3 Å². The maximum Gasteiger partial charge on any atom is 0.407 e. The van der Waals surface area contributed by atoms with Gasteiger partial charge in [0.2, 0.25) is 0 Å². The summed E-state index contributed by atoms with van der Waals surface area (Å²) in [5, 5.41) is 13.0. The molecule has 0 bridgehead atoms. The fraction of sp³-hybridized carbons (Fsp3) is 0.381. The van der Waals surface area contributed by atoms with Crippen molar-refractivity contribution in [1.29, 1.82) is 0 Å². The molecule has 2 rings (SSSR count). The monoisotopic (exact) mass is 490 g/mol. The number of nitrogens with one attached hydrogen (secondary N) is 1. The number of halogens is 2. The summed E-state index contributed by atoms with van der Waals surface area (Å²) in [7, 11) is -4.09. The maximum atomic E-state index is 13.5. The second kappa shape index (κ2) is 12.1. The quantitative estimate of drug-likeness (QED) is 0.523. The van der Waals surface area contributed by atoms with Crippen molar-refractivity contribution < 1.29 is 23.1 Å². The van der Waals surface area contributed by atoms with Crippen molar-refractivity contribution in [2.45, 2.75) is 45.2 Å². The number of carbonyl (C=O) groups is 1. The number of ether oxygens (including phenoxy) is 1. The Labute approximate surface area is 194 Å². The SMILES string of the molecule is C.CCCNC(=O)OC[C@@H](C)N(c1cc(Cl)ccc1CO)S(=O)(=O)c1ccc(Cl)cc1. The molecule has 0 saturated carbocycles. The number of rotatable bonds is 9. The van der Waals surface area contributed by atoms with Crippen LogP contribution in [0.5, 0.6) is 0 Å². The largest absolute Gasteiger partial charge is 0.447 e. The molecule has 1 amide bonds. The number of hydrogen-bond donors (Lipinski definition) is 2. The summed E-state index contributed by atoms with van der Waals surface area (Å²) in [6, 6.07) is 9.47. The number of alkyl carbamates (subject to hydrolysis) is 1. The summed E-state index contributed by atoms with van der Waals surface area (Å²) in [6.07, 6.45) is 0.102. The van der Waals surface area contributed by atoms with Gasteiger partial charge >= 0.3 is 6.09 Å². The van der Waals surface area contributed by atoms with Gasteiger partial charge in [0.15, 0.2) is 0 Å². The van der Waals surface area contributed by atoms with Gasteiger partial charge in [-0.25, -0.2) is 13.2 Å². The summed E-state index contributed by atoms with van der Waals surface area (Å²) in [6.45, 7) is 3.34. The Bertz CT molecular complexity index is 968. The van der Waals surface area contributed by atoms with Crippen LogP contribution in [0.2, 0.25) is 10.0 Å². The number of amides is 1. The molecule has 1 atom stereocenters. The average molecular weight is 491 g/mol. The number of aliphatic hydroxyl groups is 1. The molecular weight excluding hydrogens is 463 g/mol. The summed E-state index contributed by atoms with van der Waals surface area (Å²) in [5.74, 6) is 0. The van der Waals surface area contributed by atoms with E-state index in [1.165, 1.54) is 30.3 Å². The van der Waals surface area contributed by atoms with E-state index in [2.05, 4.69) is 5.32 Å². The lowest BCUT2D eigenvalue weighted by Gasteiger charge is -2.31. The molecule has 2 N–H and O–H groups in total. The molecule has 31 heavy (non-hydrogen) atoms. The van der Waals surface area contributed by atoms with Gasteiger partial charge in [-0.15, -0.1) is 0 Å². The molecule has 0 heterocycles. The first-order chi connectivity index (χ1) is 14.2. The van der Waals surface area contributed by atoms with Crippen molar-refractivity contribution in [3.05, 3.63) is 58.1 Å². The van der Waals surface area contributed by atoms with Crippen LogP contribution in [0, 0.1) is 0 Å². The topological polar surface area (TPSA) is 95.9 Å². The third kappa shape index (κ3) is 7.00. The van der Waals surface area contributed by atoms with Crippen LogP contribution in [0.25, 0.3) is 0 Å². The molecule has 2 aromatic carbocycles. The van der Waals surface area contributed by atoms with Gasteiger partial charge in [-0.05, 0) is 49.7 Å². The normalized spacial score (nSPS) is 11.9. The van der Waals surface area contributed by atoms with Crippen LogP contribution in [-0.2, 0) is 21.4 Å². The van der Waals surface area contributed by atoms with Gasteiger partial charge in [-0.1, -0.05) is 43.6 Å². The van der Waals surface area contributed by atoms with Gasteiger partial charge in [-0.2, -0.15) is 0 Å². The van der Waals surface area contributed by atoms with Crippen molar-refractivity contribution in [2.75, 3.05) is 17.5 Å². The summed E-state index contributed by atoms with van der Waals surface area (Å²) >= 11 is 12.0. The van der Waals surface area contributed by atoms with Gasteiger partial charge in [0.25, 0.3) is 10.0 Å². The van der Waals surface area contributed by atoms with Crippen molar-refractivity contribution >= 4 is 45.0 Å². The zero-order chi connectivity index (χ0) is 22.3. The highest BCUT2D eigenvalue weighted by Gasteiger charge is 2.32. The van der Waals surface area contributed by atoms with Gasteiger partial charge in [0, 0.05) is 22.2 Å². The molecule has 0 radical (unpaired) electrons. The number of hydrogen-bond acceptors (Lipinski definition) is 5. The molecule has 7 nitrogen and oxygen atoms in total. The smallest absolute Gasteiger partial charge is 0.407 e. The molecule has 0 saturated heterocycles. The number of carbonyl (C=O) groups excluding carboxylic acids is 1. The third-order valence-electron chi connectivity index (χ3n) is 4.20. The predicted octanol–water partition coefficient (Wildman–Crippen LogP) is 4.84. The Morgan fingerprint density at radius 2 is 1.77 bits per heavy atom. The molecule has 0 unspecified atom stereocenters. The zero-order valence-electron chi connectivity index (χ0n) is 16.6. The van der Waals surface area contributed by atoms with Gasteiger partial charge < -0.3 is 15.2 Å². The van der Waals surface area contributed by atoms with Crippen LogP contribution in [-0.4, -0.2) is 38.8 Å². The molecule has 0 aromatic heterocycles. The lowest BCUT2D eigenvalue weighted by molar-refractivity contribution is 0.141. The van der Waals surface area contributed by atoms with E-state index in [1.54, 1.807) is 19.1 Å². The molecule has 172 valence electrons. The van der Waals surface area contributed by atoms with Crippen LogP contribution >= 0.6 is 23.2 Å². The molecule has 0 aliphatic carbocycles. The lowest BCUT2D eigenvalue weighted by atomic mass is 10.1. The van der Waals surface area contributed by atoms with E-state index in [9.17, 15) is 18.3 Å². The van der Waals surface area contributed by atoms with Gasteiger partial charge in [-0.3, -0.25) is 4.31 Å². The zero-order valence-corrected chi connectivity index (χ0v) is 19.0. The molecular formula is C21H28Cl2N2O5S. The van der Waals surface area contributed by atoms with Crippen LogP contribution in [0.3, 0.4) is 0 Å². The van der Waals surface area contributed by atoms with Crippen LogP contribution < -0.4 is 9.62 Å². The Kier molecular flexibility index (Phi) is 10.6. The third-order valence-corrected chi connectivity index (χ3v) is 6.63. The minimum absolute atomic E-state index is 0. The summed E-state index contributed by atoms with van der Waals surface area (Å²) in [4.78, 5) is 11.8. The van der Waals surface area contributed by atoms with E-state index in [0.717, 1.165) is 10.7 Å². The van der Waals surface area contributed by atoms with E-state index < -0.39 is 28.8 Å². The first-order valence-corrected chi connectivity index (χ1v) is 11.5. The highest BCUT2D eigenvalue weighted by Crippen LogP contribution is 2.32.